The standard InChI is InChI=1S/C18H22N2O3S/c1-18(19)9-11-20(12-10-18)17(21)15-7-8-16(23-15)24-14-5-3-13(22-2)4-6-14/h3-8H,9-12,19H2,1-2H3. The van der Waals surface area contributed by atoms with Crippen molar-refractivity contribution in [3.63, 3.8) is 0 Å². The molecule has 0 radical (unpaired) electrons. The Morgan fingerprint density at radius 2 is 1.88 bits per heavy atom. The summed E-state index contributed by atoms with van der Waals surface area (Å²) in [6, 6.07) is 11.3. The Labute approximate surface area is 146 Å². The molecule has 1 aromatic heterocycles. The first-order valence-electron chi connectivity index (χ1n) is 7.97. The molecule has 1 saturated heterocycles. The van der Waals surface area contributed by atoms with E-state index in [1.54, 1.807) is 13.2 Å². The molecule has 0 aliphatic carbocycles. The quantitative estimate of drug-likeness (QED) is 0.919. The summed E-state index contributed by atoms with van der Waals surface area (Å²) in [4.78, 5) is 15.4. The van der Waals surface area contributed by atoms with E-state index in [2.05, 4.69) is 0 Å². The van der Waals surface area contributed by atoms with Crippen molar-refractivity contribution in [1.82, 2.24) is 4.90 Å². The summed E-state index contributed by atoms with van der Waals surface area (Å²) in [5.74, 6) is 1.13. The van der Waals surface area contributed by atoms with E-state index in [9.17, 15) is 4.79 Å². The van der Waals surface area contributed by atoms with E-state index in [-0.39, 0.29) is 11.4 Å². The molecule has 1 aliphatic rings. The van der Waals surface area contributed by atoms with Crippen molar-refractivity contribution in [2.24, 2.45) is 5.73 Å². The predicted octanol–water partition coefficient (Wildman–Crippen LogP) is 3.39. The Kier molecular flexibility index (Phi) is 4.87. The van der Waals surface area contributed by atoms with Gasteiger partial charge in [0.15, 0.2) is 10.9 Å². The minimum absolute atomic E-state index is 0.0629. The smallest absolute Gasteiger partial charge is 0.289 e. The molecule has 5 nitrogen and oxygen atoms in total. The van der Waals surface area contributed by atoms with Crippen molar-refractivity contribution in [2.45, 2.75) is 35.3 Å². The highest BCUT2D eigenvalue weighted by molar-refractivity contribution is 7.99. The summed E-state index contributed by atoms with van der Waals surface area (Å²) >= 11 is 1.48. The van der Waals surface area contributed by atoms with Gasteiger partial charge in [-0.2, -0.15) is 0 Å². The van der Waals surface area contributed by atoms with E-state index < -0.39 is 0 Å². The Bertz CT molecular complexity index is 699. The Balaban J connectivity index is 1.63. The van der Waals surface area contributed by atoms with Crippen LogP contribution in [-0.4, -0.2) is 36.5 Å². The Morgan fingerprint density at radius 3 is 2.50 bits per heavy atom. The van der Waals surface area contributed by atoms with Crippen LogP contribution in [0.5, 0.6) is 5.75 Å². The van der Waals surface area contributed by atoms with Crippen molar-refractivity contribution in [3.8, 4) is 5.75 Å². The molecule has 0 atom stereocenters. The molecule has 2 aromatic rings. The van der Waals surface area contributed by atoms with Crippen molar-refractivity contribution < 1.29 is 13.9 Å². The summed E-state index contributed by atoms with van der Waals surface area (Å²) in [5.41, 5.74) is 5.94. The van der Waals surface area contributed by atoms with Gasteiger partial charge in [-0.1, -0.05) is 11.8 Å². The van der Waals surface area contributed by atoms with Gasteiger partial charge in [0.05, 0.1) is 7.11 Å². The summed E-state index contributed by atoms with van der Waals surface area (Å²) in [6.45, 7) is 3.38. The molecule has 3 rings (SSSR count). The number of carbonyl (C=O) groups excluding carboxylic acids is 1. The largest absolute Gasteiger partial charge is 0.497 e. The number of piperidine rings is 1. The number of ether oxygens (including phenoxy) is 1. The zero-order valence-electron chi connectivity index (χ0n) is 14.0. The topological polar surface area (TPSA) is 68.7 Å². The van der Waals surface area contributed by atoms with Gasteiger partial charge in [0.1, 0.15) is 5.75 Å². The lowest BCUT2D eigenvalue weighted by molar-refractivity contribution is 0.0643. The number of benzene rings is 1. The fraction of sp³-hybridized carbons (Fsp3) is 0.389. The molecular formula is C18H22N2O3S. The monoisotopic (exact) mass is 346 g/mol. The molecule has 6 heteroatoms. The molecule has 2 heterocycles. The molecule has 0 unspecified atom stereocenters. The van der Waals surface area contributed by atoms with E-state index in [0.717, 1.165) is 23.5 Å². The van der Waals surface area contributed by atoms with Gasteiger partial charge < -0.3 is 19.8 Å². The highest BCUT2D eigenvalue weighted by Crippen LogP contribution is 2.31. The van der Waals surface area contributed by atoms with E-state index >= 15 is 0 Å². The van der Waals surface area contributed by atoms with Crippen LogP contribution in [0.4, 0.5) is 0 Å². The number of nitrogens with two attached hydrogens (primary N) is 1. The molecule has 1 aliphatic heterocycles. The SMILES string of the molecule is COc1ccc(Sc2ccc(C(=O)N3CCC(C)(N)CC3)o2)cc1. The number of furan rings is 1. The van der Waals surface area contributed by atoms with Gasteiger partial charge in [-0.05, 0) is 56.2 Å². The maximum atomic E-state index is 12.5. The second-order valence-electron chi connectivity index (χ2n) is 6.34. The first kappa shape index (κ1) is 16.9. The van der Waals surface area contributed by atoms with Crippen LogP contribution in [0.15, 0.2) is 50.8 Å². The van der Waals surface area contributed by atoms with E-state index in [1.807, 2.05) is 42.2 Å². The highest BCUT2D eigenvalue weighted by atomic mass is 32.2. The van der Waals surface area contributed by atoms with Gasteiger partial charge in [0, 0.05) is 23.5 Å². The summed E-state index contributed by atoms with van der Waals surface area (Å²) in [7, 11) is 1.64. The average molecular weight is 346 g/mol. The maximum absolute atomic E-state index is 12.5. The molecule has 0 saturated carbocycles. The number of likely N-dealkylation sites (tertiary alicyclic amines) is 1. The molecule has 1 aromatic carbocycles. The second kappa shape index (κ2) is 6.91. The average Bonchev–Trinajstić information content (AvgIpc) is 3.03. The van der Waals surface area contributed by atoms with Crippen LogP contribution in [0.1, 0.15) is 30.3 Å². The third-order valence-electron chi connectivity index (χ3n) is 4.26. The molecule has 1 amide bonds. The van der Waals surface area contributed by atoms with Crippen LogP contribution in [0.2, 0.25) is 0 Å². The van der Waals surface area contributed by atoms with Crippen LogP contribution >= 0.6 is 11.8 Å². The molecule has 24 heavy (non-hydrogen) atoms. The van der Waals surface area contributed by atoms with Crippen LogP contribution < -0.4 is 10.5 Å². The van der Waals surface area contributed by atoms with Gasteiger partial charge in [-0.15, -0.1) is 0 Å². The van der Waals surface area contributed by atoms with Crippen molar-refractivity contribution in [2.75, 3.05) is 20.2 Å². The number of rotatable bonds is 4. The first-order chi connectivity index (χ1) is 11.5. The lowest BCUT2D eigenvalue weighted by atomic mass is 9.91. The van der Waals surface area contributed by atoms with Gasteiger partial charge in [-0.25, -0.2) is 0 Å². The van der Waals surface area contributed by atoms with E-state index in [0.29, 0.717) is 23.9 Å². The highest BCUT2D eigenvalue weighted by Gasteiger charge is 2.29. The number of hydrogen-bond acceptors (Lipinski definition) is 5. The van der Waals surface area contributed by atoms with Crippen molar-refractivity contribution in [1.29, 1.82) is 0 Å². The van der Waals surface area contributed by atoms with Crippen molar-refractivity contribution >= 4 is 17.7 Å². The number of hydrogen-bond donors (Lipinski definition) is 1. The zero-order valence-corrected chi connectivity index (χ0v) is 14.8. The number of methoxy groups -OCH3 is 1. The van der Waals surface area contributed by atoms with Gasteiger partial charge in [0.2, 0.25) is 0 Å². The lowest BCUT2D eigenvalue weighted by Crippen LogP contribution is -2.49. The normalized spacial score (nSPS) is 16.9. The fourth-order valence-corrected chi connectivity index (χ4v) is 3.40. The molecular weight excluding hydrogens is 324 g/mol. The lowest BCUT2D eigenvalue weighted by Gasteiger charge is -2.36. The molecule has 0 bridgehead atoms. The molecule has 0 spiro atoms. The third kappa shape index (κ3) is 3.94. The van der Waals surface area contributed by atoms with Crippen LogP contribution in [0.3, 0.4) is 0 Å². The van der Waals surface area contributed by atoms with Gasteiger partial charge >= 0.3 is 0 Å². The number of nitrogens with zero attached hydrogens (tertiary/aromatic N) is 1. The molecule has 2 N–H and O–H groups in total. The van der Waals surface area contributed by atoms with E-state index in [1.165, 1.54) is 11.8 Å². The van der Waals surface area contributed by atoms with Crippen LogP contribution in [0, 0.1) is 0 Å². The van der Waals surface area contributed by atoms with Gasteiger partial charge in [0.25, 0.3) is 5.91 Å². The zero-order chi connectivity index (χ0) is 17.2. The fourth-order valence-electron chi connectivity index (χ4n) is 2.63. The first-order valence-corrected chi connectivity index (χ1v) is 8.78. The van der Waals surface area contributed by atoms with Crippen LogP contribution in [0.25, 0.3) is 0 Å². The Morgan fingerprint density at radius 1 is 1.21 bits per heavy atom. The minimum Gasteiger partial charge on any atom is -0.497 e. The summed E-state index contributed by atoms with van der Waals surface area (Å²) in [5, 5.41) is 0.698. The van der Waals surface area contributed by atoms with Crippen LogP contribution in [-0.2, 0) is 0 Å². The number of carbonyl (C=O) groups is 1. The summed E-state index contributed by atoms with van der Waals surface area (Å²) in [6.07, 6.45) is 1.62. The van der Waals surface area contributed by atoms with Gasteiger partial charge in [-0.3, -0.25) is 4.79 Å². The van der Waals surface area contributed by atoms with E-state index in [4.69, 9.17) is 14.9 Å². The number of amides is 1. The summed E-state index contributed by atoms with van der Waals surface area (Å²) < 4.78 is 10.9. The van der Waals surface area contributed by atoms with Crippen molar-refractivity contribution in [3.05, 3.63) is 42.2 Å². The minimum atomic E-state index is -0.171. The second-order valence-corrected chi connectivity index (χ2v) is 7.42. The maximum Gasteiger partial charge on any atom is 0.289 e. The predicted molar refractivity (Wildman–Crippen MR) is 93.6 cm³/mol. The molecule has 128 valence electrons. The molecule has 1 fully saturated rings. The third-order valence-corrected chi connectivity index (χ3v) is 5.19. The Hall–Kier alpha value is -1.92.